The van der Waals surface area contributed by atoms with E-state index in [2.05, 4.69) is 0 Å². The average molecular weight is 346 g/mol. The summed E-state index contributed by atoms with van der Waals surface area (Å²) >= 11 is 0. The molecule has 1 saturated heterocycles. The van der Waals surface area contributed by atoms with E-state index >= 15 is 0 Å². The van der Waals surface area contributed by atoms with Gasteiger partial charge in [-0.15, -0.1) is 0 Å². The summed E-state index contributed by atoms with van der Waals surface area (Å²) in [6, 6.07) is 29.0. The van der Waals surface area contributed by atoms with Gasteiger partial charge in [0.15, 0.2) is 5.60 Å². The molecule has 0 saturated carbocycles. The van der Waals surface area contributed by atoms with Crippen molar-refractivity contribution in [1.82, 2.24) is 0 Å². The van der Waals surface area contributed by atoms with E-state index in [0.29, 0.717) is 0 Å². The van der Waals surface area contributed by atoms with Gasteiger partial charge in [0, 0.05) is 0 Å². The normalized spacial score (nSPS) is 17.3. The standard InChI is InChI=1S/C22H18O4/c23-21(24-16-17-10-4-1-5-11-17)25-20-22(26-20,18-12-6-2-7-13-18)19-14-8-3-9-15-19/h1-15,20H,16H2. The third kappa shape index (κ3) is 3.19. The first kappa shape index (κ1) is 16.4. The minimum atomic E-state index is -0.783. The van der Waals surface area contributed by atoms with Gasteiger partial charge in [-0.2, -0.15) is 0 Å². The second-order valence-corrected chi connectivity index (χ2v) is 6.06. The Balaban J connectivity index is 1.48. The second-order valence-electron chi connectivity index (χ2n) is 6.06. The highest BCUT2D eigenvalue weighted by molar-refractivity contribution is 5.61. The SMILES string of the molecule is O=C(OCc1ccccc1)OC1OC1(c1ccccc1)c1ccccc1. The van der Waals surface area contributed by atoms with Crippen LogP contribution in [0.3, 0.4) is 0 Å². The number of benzene rings is 3. The van der Waals surface area contributed by atoms with Gasteiger partial charge in [0.1, 0.15) is 6.61 Å². The molecule has 1 heterocycles. The zero-order chi connectivity index (χ0) is 17.8. The Morgan fingerprint density at radius 2 is 1.31 bits per heavy atom. The minimum Gasteiger partial charge on any atom is -0.429 e. The summed E-state index contributed by atoms with van der Waals surface area (Å²) in [6.45, 7) is 0.163. The number of rotatable bonds is 5. The van der Waals surface area contributed by atoms with Crippen molar-refractivity contribution in [3.05, 3.63) is 108 Å². The van der Waals surface area contributed by atoms with E-state index in [1.54, 1.807) is 0 Å². The van der Waals surface area contributed by atoms with Crippen LogP contribution in [0, 0.1) is 0 Å². The van der Waals surface area contributed by atoms with Gasteiger partial charge in [0.2, 0.25) is 6.29 Å². The fourth-order valence-electron chi connectivity index (χ4n) is 3.03. The van der Waals surface area contributed by atoms with Crippen molar-refractivity contribution in [2.75, 3.05) is 0 Å². The Hall–Kier alpha value is -3.11. The van der Waals surface area contributed by atoms with Gasteiger partial charge in [-0.05, 0) is 16.7 Å². The highest BCUT2D eigenvalue weighted by Gasteiger charge is 2.62. The summed E-state index contributed by atoms with van der Waals surface area (Å²) in [4.78, 5) is 12.1. The Morgan fingerprint density at radius 3 is 1.85 bits per heavy atom. The number of carbonyl (C=O) groups is 1. The van der Waals surface area contributed by atoms with Gasteiger partial charge in [0.25, 0.3) is 0 Å². The van der Waals surface area contributed by atoms with Crippen LogP contribution in [0.15, 0.2) is 91.0 Å². The number of epoxide rings is 1. The monoisotopic (exact) mass is 346 g/mol. The Bertz CT molecular complexity index is 823. The molecule has 0 N–H and O–H groups in total. The Kier molecular flexibility index (Phi) is 4.42. The third-order valence-corrected chi connectivity index (χ3v) is 4.38. The fourth-order valence-corrected chi connectivity index (χ4v) is 3.03. The van der Waals surface area contributed by atoms with Crippen LogP contribution in [-0.4, -0.2) is 12.4 Å². The fraction of sp³-hybridized carbons (Fsp3) is 0.136. The van der Waals surface area contributed by atoms with Gasteiger partial charge in [-0.1, -0.05) is 91.0 Å². The quantitative estimate of drug-likeness (QED) is 0.499. The van der Waals surface area contributed by atoms with Crippen LogP contribution < -0.4 is 0 Å². The lowest BCUT2D eigenvalue weighted by molar-refractivity contribution is 0.0185. The van der Waals surface area contributed by atoms with Crippen molar-refractivity contribution in [3.63, 3.8) is 0 Å². The van der Waals surface area contributed by atoms with Crippen LogP contribution in [0.1, 0.15) is 16.7 Å². The smallest absolute Gasteiger partial charge is 0.429 e. The molecule has 1 atom stereocenters. The molecule has 1 aliphatic rings. The lowest BCUT2D eigenvalue weighted by Crippen LogP contribution is -2.19. The first-order valence-electron chi connectivity index (χ1n) is 8.45. The summed E-state index contributed by atoms with van der Waals surface area (Å²) in [6.07, 6.45) is -1.46. The zero-order valence-corrected chi connectivity index (χ0v) is 14.1. The van der Waals surface area contributed by atoms with Gasteiger partial charge >= 0.3 is 6.16 Å². The van der Waals surface area contributed by atoms with E-state index in [1.165, 1.54) is 0 Å². The van der Waals surface area contributed by atoms with Crippen LogP contribution in [0.5, 0.6) is 0 Å². The topological polar surface area (TPSA) is 48.1 Å². The molecule has 0 spiro atoms. The van der Waals surface area contributed by atoms with E-state index < -0.39 is 18.0 Å². The number of hydrogen-bond acceptors (Lipinski definition) is 4. The molecule has 3 aromatic carbocycles. The number of ether oxygens (including phenoxy) is 3. The number of carbonyl (C=O) groups excluding carboxylic acids is 1. The lowest BCUT2D eigenvalue weighted by atomic mass is 9.91. The number of hydrogen-bond donors (Lipinski definition) is 0. The summed E-state index contributed by atoms with van der Waals surface area (Å²) in [7, 11) is 0. The largest absolute Gasteiger partial charge is 0.511 e. The van der Waals surface area contributed by atoms with Crippen LogP contribution in [0.25, 0.3) is 0 Å². The first-order chi connectivity index (χ1) is 12.8. The van der Waals surface area contributed by atoms with E-state index in [4.69, 9.17) is 14.2 Å². The Morgan fingerprint density at radius 1 is 0.808 bits per heavy atom. The predicted molar refractivity (Wildman–Crippen MR) is 96.2 cm³/mol. The lowest BCUT2D eigenvalue weighted by Gasteiger charge is -2.13. The maximum absolute atomic E-state index is 12.1. The molecule has 0 aliphatic carbocycles. The van der Waals surface area contributed by atoms with Crippen molar-refractivity contribution < 1.29 is 19.0 Å². The molecule has 3 aromatic rings. The molecule has 4 heteroatoms. The summed E-state index contributed by atoms with van der Waals surface area (Å²) in [5, 5.41) is 0. The maximum atomic E-state index is 12.1. The highest BCUT2D eigenvalue weighted by Crippen LogP contribution is 2.52. The summed E-state index contributed by atoms with van der Waals surface area (Å²) in [5.74, 6) is 0. The van der Waals surface area contributed by atoms with Gasteiger partial charge < -0.3 is 14.2 Å². The molecule has 0 aromatic heterocycles. The molecular weight excluding hydrogens is 328 g/mol. The molecular formula is C22H18O4. The highest BCUT2D eigenvalue weighted by atomic mass is 16.8. The zero-order valence-electron chi connectivity index (χ0n) is 14.1. The van der Waals surface area contributed by atoms with E-state index in [-0.39, 0.29) is 6.61 Å². The van der Waals surface area contributed by atoms with Crippen LogP contribution in [-0.2, 0) is 26.4 Å². The predicted octanol–water partition coefficient (Wildman–Crippen LogP) is 4.64. The van der Waals surface area contributed by atoms with E-state index in [1.807, 2.05) is 91.0 Å². The van der Waals surface area contributed by atoms with Crippen LogP contribution in [0.4, 0.5) is 4.79 Å². The van der Waals surface area contributed by atoms with E-state index in [0.717, 1.165) is 16.7 Å². The van der Waals surface area contributed by atoms with Crippen LogP contribution >= 0.6 is 0 Å². The van der Waals surface area contributed by atoms with Crippen molar-refractivity contribution in [3.8, 4) is 0 Å². The summed E-state index contributed by atoms with van der Waals surface area (Å²) in [5.41, 5.74) is 1.99. The molecule has 26 heavy (non-hydrogen) atoms. The van der Waals surface area contributed by atoms with Crippen molar-refractivity contribution in [1.29, 1.82) is 0 Å². The molecule has 1 fully saturated rings. The molecule has 1 aliphatic heterocycles. The van der Waals surface area contributed by atoms with Crippen molar-refractivity contribution >= 4 is 6.16 Å². The molecule has 130 valence electrons. The molecule has 0 radical (unpaired) electrons. The van der Waals surface area contributed by atoms with Gasteiger partial charge in [0.05, 0.1) is 0 Å². The first-order valence-corrected chi connectivity index (χ1v) is 8.45. The molecule has 0 amide bonds. The van der Waals surface area contributed by atoms with Gasteiger partial charge in [-0.25, -0.2) is 4.79 Å². The van der Waals surface area contributed by atoms with Gasteiger partial charge in [-0.3, -0.25) is 0 Å². The second kappa shape index (κ2) is 7.02. The van der Waals surface area contributed by atoms with Crippen molar-refractivity contribution in [2.24, 2.45) is 0 Å². The molecule has 1 unspecified atom stereocenters. The molecule has 0 bridgehead atoms. The Labute approximate surface area is 152 Å². The molecule has 4 nitrogen and oxygen atoms in total. The van der Waals surface area contributed by atoms with E-state index in [9.17, 15) is 4.79 Å². The average Bonchev–Trinajstić information content (AvgIpc) is 3.43. The summed E-state index contributed by atoms with van der Waals surface area (Å²) < 4.78 is 16.5. The molecule has 4 rings (SSSR count). The minimum absolute atomic E-state index is 0.163. The maximum Gasteiger partial charge on any atom is 0.511 e. The van der Waals surface area contributed by atoms with Crippen molar-refractivity contribution in [2.45, 2.75) is 18.5 Å². The third-order valence-electron chi connectivity index (χ3n) is 4.38. The van der Waals surface area contributed by atoms with Crippen LogP contribution in [0.2, 0.25) is 0 Å².